The second kappa shape index (κ2) is 11.7. The highest BCUT2D eigenvalue weighted by Crippen LogP contribution is 2.29. The van der Waals surface area contributed by atoms with Gasteiger partial charge in [0.15, 0.2) is 11.0 Å². The van der Waals surface area contributed by atoms with Crippen LogP contribution in [0.1, 0.15) is 18.1 Å². The molecule has 0 saturated heterocycles. The van der Waals surface area contributed by atoms with Crippen molar-refractivity contribution in [2.75, 3.05) is 12.4 Å². The van der Waals surface area contributed by atoms with Crippen LogP contribution in [0.3, 0.4) is 0 Å². The zero-order valence-electron chi connectivity index (χ0n) is 19.3. The molecule has 0 atom stereocenters. The summed E-state index contributed by atoms with van der Waals surface area (Å²) in [6, 6.07) is 22.9. The highest BCUT2D eigenvalue weighted by Gasteiger charge is 2.17. The summed E-state index contributed by atoms with van der Waals surface area (Å²) in [5.41, 5.74) is 6.31. The second-order valence-electron chi connectivity index (χ2n) is 7.51. The molecule has 0 bridgehead atoms. The molecule has 0 spiro atoms. The Bertz CT molecular complexity index is 1320. The van der Waals surface area contributed by atoms with Crippen molar-refractivity contribution in [3.8, 4) is 22.8 Å². The third-order valence-electron chi connectivity index (χ3n) is 5.06. The number of nitrogens with one attached hydrogen (secondary N) is 1. The Morgan fingerprint density at radius 1 is 1.09 bits per heavy atom. The SMILES string of the molecule is CCOc1ccc(-n2c(SCC(=O)N/N=C/c3ccccc3C)nnc2-c2ccc(Cl)cc2)cc1. The van der Waals surface area contributed by atoms with Gasteiger partial charge in [-0.2, -0.15) is 5.10 Å². The lowest BCUT2D eigenvalue weighted by Crippen LogP contribution is -2.20. The van der Waals surface area contributed by atoms with Gasteiger partial charge in [0.2, 0.25) is 0 Å². The minimum Gasteiger partial charge on any atom is -0.494 e. The van der Waals surface area contributed by atoms with Gasteiger partial charge in [-0.3, -0.25) is 9.36 Å². The molecule has 1 aromatic heterocycles. The van der Waals surface area contributed by atoms with Crippen molar-refractivity contribution >= 4 is 35.5 Å². The van der Waals surface area contributed by atoms with Crippen LogP contribution in [0.25, 0.3) is 17.1 Å². The molecule has 0 aliphatic rings. The van der Waals surface area contributed by atoms with Gasteiger partial charge in [-0.25, -0.2) is 5.43 Å². The first-order chi connectivity index (χ1) is 17.0. The Balaban J connectivity index is 1.53. The largest absolute Gasteiger partial charge is 0.494 e. The minimum atomic E-state index is -0.242. The highest BCUT2D eigenvalue weighted by molar-refractivity contribution is 7.99. The van der Waals surface area contributed by atoms with Crippen molar-refractivity contribution in [2.45, 2.75) is 19.0 Å². The number of hydrogen-bond donors (Lipinski definition) is 1. The Morgan fingerprint density at radius 2 is 1.83 bits per heavy atom. The molecule has 4 rings (SSSR count). The third-order valence-corrected chi connectivity index (χ3v) is 6.24. The summed E-state index contributed by atoms with van der Waals surface area (Å²) < 4.78 is 7.48. The molecule has 35 heavy (non-hydrogen) atoms. The van der Waals surface area contributed by atoms with Crippen molar-refractivity contribution in [2.24, 2.45) is 5.10 Å². The maximum absolute atomic E-state index is 12.4. The van der Waals surface area contributed by atoms with Crippen LogP contribution in [-0.4, -0.2) is 39.2 Å². The highest BCUT2D eigenvalue weighted by atomic mass is 35.5. The van der Waals surface area contributed by atoms with E-state index in [-0.39, 0.29) is 11.7 Å². The first kappa shape index (κ1) is 24.5. The van der Waals surface area contributed by atoms with Gasteiger partial charge in [-0.05, 0) is 73.5 Å². The van der Waals surface area contributed by atoms with Gasteiger partial charge in [0.1, 0.15) is 5.75 Å². The summed E-state index contributed by atoms with van der Waals surface area (Å²) in [5.74, 6) is 1.30. The Morgan fingerprint density at radius 3 is 2.54 bits per heavy atom. The number of nitrogens with zero attached hydrogens (tertiary/aromatic N) is 4. The van der Waals surface area contributed by atoms with Crippen molar-refractivity contribution < 1.29 is 9.53 Å². The standard InChI is InChI=1S/C26H24ClN5O2S/c1-3-34-23-14-12-22(13-15-23)32-25(19-8-10-21(27)11-9-19)30-31-26(32)35-17-24(33)29-28-16-20-7-5-4-6-18(20)2/h4-16H,3,17H2,1-2H3,(H,29,33)/b28-16+. The van der Waals surface area contributed by atoms with Gasteiger partial charge in [0, 0.05) is 16.3 Å². The van der Waals surface area contributed by atoms with Crippen LogP contribution in [0.2, 0.25) is 5.02 Å². The topological polar surface area (TPSA) is 81.4 Å². The molecule has 9 heteroatoms. The molecule has 1 heterocycles. The van der Waals surface area contributed by atoms with Crippen LogP contribution in [0.15, 0.2) is 83.1 Å². The van der Waals surface area contributed by atoms with E-state index in [0.717, 1.165) is 28.1 Å². The maximum atomic E-state index is 12.4. The van der Waals surface area contributed by atoms with Gasteiger partial charge >= 0.3 is 0 Å². The second-order valence-corrected chi connectivity index (χ2v) is 8.89. The Labute approximate surface area is 213 Å². The van der Waals surface area contributed by atoms with E-state index < -0.39 is 0 Å². The zero-order chi connectivity index (χ0) is 24.6. The van der Waals surface area contributed by atoms with Gasteiger partial charge in [-0.15, -0.1) is 10.2 Å². The molecule has 1 N–H and O–H groups in total. The number of ether oxygens (including phenoxy) is 1. The fourth-order valence-electron chi connectivity index (χ4n) is 3.31. The lowest BCUT2D eigenvalue weighted by molar-refractivity contribution is -0.118. The number of rotatable bonds is 9. The van der Waals surface area contributed by atoms with E-state index in [1.165, 1.54) is 11.8 Å². The maximum Gasteiger partial charge on any atom is 0.250 e. The number of carbonyl (C=O) groups excluding carboxylic acids is 1. The third kappa shape index (κ3) is 6.29. The first-order valence-electron chi connectivity index (χ1n) is 11.0. The molecule has 0 fully saturated rings. The number of carbonyl (C=O) groups is 1. The number of amides is 1. The number of aryl methyl sites for hydroxylation is 1. The molecule has 0 unspecified atom stereocenters. The number of thioether (sulfide) groups is 1. The van der Waals surface area contributed by atoms with Crippen LogP contribution in [0, 0.1) is 6.92 Å². The average molecular weight is 506 g/mol. The van der Waals surface area contributed by atoms with Gasteiger partial charge in [-0.1, -0.05) is 47.6 Å². The predicted octanol–water partition coefficient (Wildman–Crippen LogP) is 5.54. The van der Waals surface area contributed by atoms with E-state index in [0.29, 0.717) is 22.6 Å². The van der Waals surface area contributed by atoms with Crippen LogP contribution >= 0.6 is 23.4 Å². The van der Waals surface area contributed by atoms with Gasteiger partial charge in [0.25, 0.3) is 5.91 Å². The summed E-state index contributed by atoms with van der Waals surface area (Å²) in [4.78, 5) is 12.4. The number of benzene rings is 3. The van der Waals surface area contributed by atoms with Crippen LogP contribution in [-0.2, 0) is 4.79 Å². The van der Waals surface area contributed by atoms with Crippen molar-refractivity contribution in [3.05, 3.63) is 88.9 Å². The van der Waals surface area contributed by atoms with E-state index in [1.807, 2.05) is 79.1 Å². The van der Waals surface area contributed by atoms with E-state index in [2.05, 4.69) is 20.7 Å². The molecule has 0 aliphatic heterocycles. The molecule has 0 saturated carbocycles. The van der Waals surface area contributed by atoms with E-state index in [4.69, 9.17) is 16.3 Å². The van der Waals surface area contributed by atoms with Gasteiger partial charge in [0.05, 0.1) is 18.6 Å². The summed E-state index contributed by atoms with van der Waals surface area (Å²) in [7, 11) is 0. The minimum absolute atomic E-state index is 0.126. The van der Waals surface area contributed by atoms with Crippen LogP contribution in [0.4, 0.5) is 0 Å². The Kier molecular flexibility index (Phi) is 8.18. The van der Waals surface area contributed by atoms with Crippen LogP contribution < -0.4 is 10.2 Å². The summed E-state index contributed by atoms with van der Waals surface area (Å²) in [6.45, 7) is 4.52. The monoisotopic (exact) mass is 505 g/mol. The predicted molar refractivity (Wildman–Crippen MR) is 141 cm³/mol. The lowest BCUT2D eigenvalue weighted by atomic mass is 10.1. The van der Waals surface area contributed by atoms with Crippen molar-refractivity contribution in [3.63, 3.8) is 0 Å². The molecule has 4 aromatic rings. The fraction of sp³-hybridized carbons (Fsp3) is 0.154. The molecule has 3 aromatic carbocycles. The fourth-order valence-corrected chi connectivity index (χ4v) is 4.18. The summed E-state index contributed by atoms with van der Waals surface area (Å²) >= 11 is 7.34. The lowest BCUT2D eigenvalue weighted by Gasteiger charge is -2.11. The first-order valence-corrected chi connectivity index (χ1v) is 12.4. The smallest absolute Gasteiger partial charge is 0.250 e. The molecular formula is C26H24ClN5O2S. The summed E-state index contributed by atoms with van der Waals surface area (Å²) in [5, 5.41) is 14.0. The number of aromatic nitrogens is 3. The number of halogens is 1. The molecule has 0 aliphatic carbocycles. The van der Waals surface area contributed by atoms with Crippen LogP contribution in [0.5, 0.6) is 5.75 Å². The molecule has 178 valence electrons. The quantitative estimate of drug-likeness (QED) is 0.183. The van der Waals surface area contributed by atoms with Gasteiger partial charge < -0.3 is 4.74 Å². The van der Waals surface area contributed by atoms with E-state index in [9.17, 15) is 4.79 Å². The van der Waals surface area contributed by atoms with Crippen molar-refractivity contribution in [1.29, 1.82) is 0 Å². The zero-order valence-corrected chi connectivity index (χ0v) is 20.9. The van der Waals surface area contributed by atoms with E-state index >= 15 is 0 Å². The average Bonchev–Trinajstić information content (AvgIpc) is 3.29. The van der Waals surface area contributed by atoms with E-state index in [1.54, 1.807) is 18.3 Å². The molecular weight excluding hydrogens is 482 g/mol. The molecule has 7 nitrogen and oxygen atoms in total. The molecule has 1 amide bonds. The Hall–Kier alpha value is -3.62. The number of hydrogen-bond acceptors (Lipinski definition) is 6. The number of hydrazone groups is 1. The van der Waals surface area contributed by atoms with Crippen molar-refractivity contribution in [1.82, 2.24) is 20.2 Å². The normalized spacial score (nSPS) is 11.1. The summed E-state index contributed by atoms with van der Waals surface area (Å²) in [6.07, 6.45) is 1.64. The molecule has 0 radical (unpaired) electrons.